The summed E-state index contributed by atoms with van der Waals surface area (Å²) in [5.41, 5.74) is 0.517. The van der Waals surface area contributed by atoms with Crippen molar-refractivity contribution in [1.82, 2.24) is 9.97 Å². The Bertz CT molecular complexity index is 275. The summed E-state index contributed by atoms with van der Waals surface area (Å²) < 4.78 is 10.5. The van der Waals surface area contributed by atoms with Gasteiger partial charge in [0.2, 0.25) is 0 Å². The Balaban J connectivity index is 2.03. The van der Waals surface area contributed by atoms with Gasteiger partial charge in [0.1, 0.15) is 12.2 Å². The normalized spacial score (nSPS) is 24.5. The first-order chi connectivity index (χ1) is 6.88. The van der Waals surface area contributed by atoms with E-state index in [1.54, 1.807) is 12.4 Å². The van der Waals surface area contributed by atoms with Crippen LogP contribution in [0.25, 0.3) is 0 Å². The highest BCUT2D eigenvalue weighted by Crippen LogP contribution is 2.18. The molecule has 1 aliphatic rings. The number of nitrogens with zero attached hydrogens (tertiary/aromatic N) is 2. The molecule has 0 amide bonds. The number of hydrogen-bond acceptors (Lipinski definition) is 5. The van der Waals surface area contributed by atoms with E-state index in [2.05, 4.69) is 9.97 Å². The second-order valence-corrected chi connectivity index (χ2v) is 3.06. The third kappa shape index (κ3) is 2.06. The van der Waals surface area contributed by atoms with E-state index in [9.17, 15) is 5.11 Å². The van der Waals surface area contributed by atoms with Crippen molar-refractivity contribution in [2.45, 2.75) is 12.2 Å². The van der Waals surface area contributed by atoms with Crippen molar-refractivity contribution in [2.75, 3.05) is 19.8 Å². The molecule has 1 saturated heterocycles. The molecule has 2 rings (SSSR count). The van der Waals surface area contributed by atoms with Crippen LogP contribution < -0.4 is 0 Å². The minimum atomic E-state index is -0.760. The van der Waals surface area contributed by atoms with Crippen LogP contribution in [-0.2, 0) is 9.47 Å². The fourth-order valence-corrected chi connectivity index (χ4v) is 1.34. The molecule has 5 nitrogen and oxygen atoms in total. The minimum absolute atomic E-state index is 0.333. The van der Waals surface area contributed by atoms with E-state index < -0.39 is 6.10 Å². The van der Waals surface area contributed by atoms with Gasteiger partial charge in [-0.3, -0.25) is 9.97 Å². The lowest BCUT2D eigenvalue weighted by atomic mass is 10.1. The highest BCUT2D eigenvalue weighted by atomic mass is 16.6. The molecule has 2 atom stereocenters. The molecule has 1 aromatic rings. The van der Waals surface area contributed by atoms with Crippen molar-refractivity contribution in [3.05, 3.63) is 24.3 Å². The van der Waals surface area contributed by atoms with Gasteiger partial charge in [-0.15, -0.1) is 0 Å². The molecule has 0 aliphatic carbocycles. The quantitative estimate of drug-likeness (QED) is 0.717. The molecule has 14 heavy (non-hydrogen) atoms. The summed E-state index contributed by atoms with van der Waals surface area (Å²) in [5, 5.41) is 9.84. The molecule has 0 radical (unpaired) electrons. The van der Waals surface area contributed by atoms with Crippen molar-refractivity contribution in [3.8, 4) is 0 Å². The van der Waals surface area contributed by atoms with E-state index in [0.717, 1.165) is 0 Å². The molecule has 1 aromatic heterocycles. The van der Waals surface area contributed by atoms with E-state index in [-0.39, 0.29) is 6.10 Å². The number of ether oxygens (including phenoxy) is 2. The number of rotatable bonds is 2. The van der Waals surface area contributed by atoms with E-state index >= 15 is 0 Å². The first kappa shape index (κ1) is 9.51. The number of aliphatic hydroxyl groups excluding tert-OH is 1. The second kappa shape index (κ2) is 4.45. The topological polar surface area (TPSA) is 64.5 Å². The van der Waals surface area contributed by atoms with Gasteiger partial charge in [0.25, 0.3) is 0 Å². The lowest BCUT2D eigenvalue weighted by Crippen LogP contribution is -2.34. The van der Waals surface area contributed by atoms with Crippen LogP contribution in [0, 0.1) is 0 Å². The molecule has 1 fully saturated rings. The maximum Gasteiger partial charge on any atom is 0.126 e. The predicted molar refractivity (Wildman–Crippen MR) is 47.6 cm³/mol. The van der Waals surface area contributed by atoms with Gasteiger partial charge in [-0.25, -0.2) is 0 Å². The molecule has 0 spiro atoms. The Morgan fingerprint density at radius 3 is 3.00 bits per heavy atom. The van der Waals surface area contributed by atoms with Crippen LogP contribution in [0.1, 0.15) is 11.8 Å². The molecule has 2 heterocycles. The standard InChI is InChI=1S/C9H12N2O3/c12-9(7-5-10-1-2-11-7)8-6-13-3-4-14-8/h1-2,5,8-9,12H,3-4,6H2. The molecule has 0 saturated carbocycles. The maximum absolute atomic E-state index is 9.84. The number of aromatic nitrogens is 2. The third-order valence-electron chi connectivity index (χ3n) is 2.08. The van der Waals surface area contributed by atoms with Crippen LogP contribution in [0.2, 0.25) is 0 Å². The van der Waals surface area contributed by atoms with Gasteiger partial charge in [-0.2, -0.15) is 0 Å². The molecule has 5 heteroatoms. The summed E-state index contributed by atoms with van der Waals surface area (Å²) in [6.07, 6.45) is 3.55. The van der Waals surface area contributed by atoms with E-state index in [1.807, 2.05) is 0 Å². The zero-order valence-corrected chi connectivity index (χ0v) is 7.67. The zero-order valence-electron chi connectivity index (χ0n) is 7.67. The number of hydrogen-bond donors (Lipinski definition) is 1. The van der Waals surface area contributed by atoms with Gasteiger partial charge in [0, 0.05) is 12.4 Å². The highest BCUT2D eigenvalue weighted by molar-refractivity contribution is 5.01. The maximum atomic E-state index is 9.84. The molecule has 0 aromatic carbocycles. The largest absolute Gasteiger partial charge is 0.384 e. The summed E-state index contributed by atoms with van der Waals surface area (Å²) >= 11 is 0. The van der Waals surface area contributed by atoms with Crippen LogP contribution >= 0.6 is 0 Å². The highest BCUT2D eigenvalue weighted by Gasteiger charge is 2.25. The fourth-order valence-electron chi connectivity index (χ4n) is 1.34. The van der Waals surface area contributed by atoms with Gasteiger partial charge in [-0.05, 0) is 0 Å². The van der Waals surface area contributed by atoms with Crippen molar-refractivity contribution < 1.29 is 14.6 Å². The minimum Gasteiger partial charge on any atom is -0.384 e. The SMILES string of the molecule is OC(c1cnccn1)C1COCCO1. The van der Waals surface area contributed by atoms with Crippen LogP contribution in [0.4, 0.5) is 0 Å². The van der Waals surface area contributed by atoms with E-state index in [1.165, 1.54) is 6.20 Å². The predicted octanol–water partition coefficient (Wildman–Crippen LogP) is -0.0746. The monoisotopic (exact) mass is 196 g/mol. The molecule has 1 aliphatic heterocycles. The summed E-state index contributed by atoms with van der Waals surface area (Å²) in [4.78, 5) is 7.89. The van der Waals surface area contributed by atoms with Gasteiger partial charge in [-0.1, -0.05) is 0 Å². The van der Waals surface area contributed by atoms with Gasteiger partial charge in [0.05, 0.1) is 31.7 Å². The van der Waals surface area contributed by atoms with E-state index in [4.69, 9.17) is 9.47 Å². The van der Waals surface area contributed by atoms with Crippen molar-refractivity contribution in [3.63, 3.8) is 0 Å². The van der Waals surface area contributed by atoms with E-state index in [0.29, 0.717) is 25.5 Å². The lowest BCUT2D eigenvalue weighted by Gasteiger charge is -2.26. The van der Waals surface area contributed by atoms with Crippen LogP contribution in [-0.4, -0.2) is 41.0 Å². The average molecular weight is 196 g/mol. The van der Waals surface area contributed by atoms with Gasteiger partial charge >= 0.3 is 0 Å². The Kier molecular flexibility index (Phi) is 3.03. The second-order valence-electron chi connectivity index (χ2n) is 3.06. The molecule has 0 bridgehead atoms. The summed E-state index contributed by atoms with van der Waals surface area (Å²) in [5.74, 6) is 0. The zero-order chi connectivity index (χ0) is 9.80. The van der Waals surface area contributed by atoms with Crippen LogP contribution in [0.5, 0.6) is 0 Å². The van der Waals surface area contributed by atoms with Gasteiger partial charge < -0.3 is 14.6 Å². The summed E-state index contributed by atoms with van der Waals surface area (Å²) in [6.45, 7) is 1.50. The first-order valence-electron chi connectivity index (χ1n) is 4.51. The fraction of sp³-hybridized carbons (Fsp3) is 0.556. The Morgan fingerprint density at radius 1 is 1.43 bits per heavy atom. The molecule has 76 valence electrons. The van der Waals surface area contributed by atoms with Gasteiger partial charge in [0.15, 0.2) is 0 Å². The average Bonchev–Trinajstić information content (AvgIpc) is 2.30. The summed E-state index contributed by atoms with van der Waals surface area (Å²) in [7, 11) is 0. The third-order valence-corrected chi connectivity index (χ3v) is 2.08. The van der Waals surface area contributed by atoms with Crippen LogP contribution in [0.3, 0.4) is 0 Å². The Hall–Kier alpha value is -1.04. The summed E-state index contributed by atoms with van der Waals surface area (Å²) in [6, 6.07) is 0. The first-order valence-corrected chi connectivity index (χ1v) is 4.51. The molecule has 1 N–H and O–H groups in total. The lowest BCUT2D eigenvalue weighted by molar-refractivity contribution is -0.134. The van der Waals surface area contributed by atoms with Crippen molar-refractivity contribution in [2.24, 2.45) is 0 Å². The van der Waals surface area contributed by atoms with Crippen molar-refractivity contribution in [1.29, 1.82) is 0 Å². The Morgan fingerprint density at radius 2 is 2.36 bits per heavy atom. The Labute approximate surface area is 81.7 Å². The smallest absolute Gasteiger partial charge is 0.126 e. The molecular weight excluding hydrogens is 184 g/mol. The van der Waals surface area contributed by atoms with Crippen LogP contribution in [0.15, 0.2) is 18.6 Å². The molecule has 2 unspecified atom stereocenters. The molecular formula is C9H12N2O3. The van der Waals surface area contributed by atoms with Crippen molar-refractivity contribution >= 4 is 0 Å². The number of aliphatic hydroxyl groups is 1.